The lowest BCUT2D eigenvalue weighted by molar-refractivity contribution is -0.148. The first kappa shape index (κ1) is 9.76. The molecule has 0 amide bonds. The van der Waals surface area contributed by atoms with Crippen LogP contribution in [-0.4, -0.2) is 44.0 Å². The molecule has 1 heterocycles. The Morgan fingerprint density at radius 1 is 1.58 bits per heavy atom. The summed E-state index contributed by atoms with van der Waals surface area (Å²) in [6.07, 6.45) is -4.45. The number of hydrogen-bond donors (Lipinski definition) is 2. The number of halogens is 3. The minimum absolute atomic E-state index is 0.341. The van der Waals surface area contributed by atoms with Gasteiger partial charge in [-0.15, -0.1) is 0 Å². The monoisotopic (exact) mass is 183 g/mol. The lowest BCUT2D eigenvalue weighted by Crippen LogP contribution is -2.48. The molecule has 0 aliphatic carbocycles. The molecule has 1 rings (SSSR count). The second-order valence-electron chi connectivity index (χ2n) is 2.73. The Kier molecular flexibility index (Phi) is 2.92. The molecular formula is C6H12F3N3. The largest absolute Gasteiger partial charge is 0.401 e. The Morgan fingerprint density at radius 3 is 2.75 bits per heavy atom. The van der Waals surface area contributed by atoms with Crippen LogP contribution in [0.4, 0.5) is 13.2 Å². The van der Waals surface area contributed by atoms with Crippen LogP contribution in [0.1, 0.15) is 0 Å². The van der Waals surface area contributed by atoms with Gasteiger partial charge in [-0.2, -0.15) is 13.2 Å². The highest BCUT2D eigenvalue weighted by Crippen LogP contribution is 2.17. The summed E-state index contributed by atoms with van der Waals surface area (Å²) in [5, 5.41) is 5.65. The Morgan fingerprint density at radius 2 is 2.25 bits per heavy atom. The van der Waals surface area contributed by atoms with Crippen molar-refractivity contribution < 1.29 is 13.2 Å². The molecule has 1 aliphatic heterocycles. The quantitative estimate of drug-likeness (QED) is 0.629. The Bertz CT molecular complexity index is 147. The lowest BCUT2D eigenvalue weighted by atomic mass is 10.5. The van der Waals surface area contributed by atoms with Crippen molar-refractivity contribution in [1.82, 2.24) is 15.5 Å². The van der Waals surface area contributed by atoms with Gasteiger partial charge in [0.05, 0.1) is 6.54 Å². The van der Waals surface area contributed by atoms with Gasteiger partial charge in [-0.3, -0.25) is 15.5 Å². The van der Waals surface area contributed by atoms with E-state index in [1.807, 2.05) is 0 Å². The average Bonchev–Trinajstić information content (AvgIpc) is 2.31. The standard InChI is InChI=1S/C6H12F3N3/c1-10-5-11-2-3-12(5)4-6(7,8)9/h5,10-11H,2-4H2,1H3. The fourth-order valence-corrected chi connectivity index (χ4v) is 1.29. The zero-order chi connectivity index (χ0) is 9.19. The minimum atomic E-state index is -4.11. The van der Waals surface area contributed by atoms with Crippen molar-refractivity contribution in [3.8, 4) is 0 Å². The molecule has 0 spiro atoms. The van der Waals surface area contributed by atoms with Crippen LogP contribution in [0.3, 0.4) is 0 Å². The smallest absolute Gasteiger partial charge is 0.293 e. The molecule has 0 bridgehead atoms. The molecule has 0 aromatic rings. The van der Waals surface area contributed by atoms with Gasteiger partial charge in [0, 0.05) is 13.1 Å². The average molecular weight is 183 g/mol. The first-order valence-corrected chi connectivity index (χ1v) is 3.74. The van der Waals surface area contributed by atoms with Gasteiger partial charge in [0.25, 0.3) is 0 Å². The van der Waals surface area contributed by atoms with Gasteiger partial charge < -0.3 is 0 Å². The summed E-state index contributed by atoms with van der Waals surface area (Å²) in [5.41, 5.74) is 0. The third-order valence-electron chi connectivity index (χ3n) is 1.76. The highest BCUT2D eigenvalue weighted by atomic mass is 19.4. The molecule has 72 valence electrons. The number of hydrogen-bond acceptors (Lipinski definition) is 3. The third kappa shape index (κ3) is 2.62. The number of nitrogens with zero attached hydrogens (tertiary/aromatic N) is 1. The van der Waals surface area contributed by atoms with Crippen LogP contribution in [0.15, 0.2) is 0 Å². The van der Waals surface area contributed by atoms with Crippen molar-refractivity contribution in [2.75, 3.05) is 26.7 Å². The van der Waals surface area contributed by atoms with Crippen molar-refractivity contribution >= 4 is 0 Å². The molecule has 1 fully saturated rings. The SMILES string of the molecule is CNC1NCCN1CC(F)(F)F. The van der Waals surface area contributed by atoms with Crippen LogP contribution >= 0.6 is 0 Å². The van der Waals surface area contributed by atoms with Crippen molar-refractivity contribution in [1.29, 1.82) is 0 Å². The van der Waals surface area contributed by atoms with E-state index in [9.17, 15) is 13.2 Å². The molecular weight excluding hydrogens is 171 g/mol. The maximum atomic E-state index is 11.9. The third-order valence-corrected chi connectivity index (χ3v) is 1.76. The van der Waals surface area contributed by atoms with Gasteiger partial charge in [-0.1, -0.05) is 0 Å². The van der Waals surface area contributed by atoms with Gasteiger partial charge in [0.15, 0.2) is 0 Å². The first-order chi connectivity index (χ1) is 5.53. The van der Waals surface area contributed by atoms with Gasteiger partial charge in [-0.25, -0.2) is 0 Å². The molecule has 0 saturated carbocycles. The first-order valence-electron chi connectivity index (χ1n) is 3.74. The normalized spacial score (nSPS) is 26.5. The molecule has 2 N–H and O–H groups in total. The second-order valence-corrected chi connectivity index (χ2v) is 2.73. The van der Waals surface area contributed by atoms with Crippen LogP contribution < -0.4 is 10.6 Å². The molecule has 1 unspecified atom stereocenters. The fourth-order valence-electron chi connectivity index (χ4n) is 1.29. The van der Waals surface area contributed by atoms with Crippen molar-refractivity contribution in [2.24, 2.45) is 0 Å². The van der Waals surface area contributed by atoms with E-state index in [2.05, 4.69) is 10.6 Å². The summed E-state index contributed by atoms with van der Waals surface area (Å²) in [4.78, 5) is 1.32. The minimum Gasteiger partial charge on any atom is -0.293 e. The summed E-state index contributed by atoms with van der Waals surface area (Å²) < 4.78 is 35.8. The van der Waals surface area contributed by atoms with E-state index in [4.69, 9.17) is 0 Å². The Balaban J connectivity index is 2.41. The van der Waals surface area contributed by atoms with Gasteiger partial charge in [0.1, 0.15) is 6.29 Å². The zero-order valence-corrected chi connectivity index (χ0v) is 6.78. The maximum Gasteiger partial charge on any atom is 0.401 e. The molecule has 3 nitrogen and oxygen atoms in total. The topological polar surface area (TPSA) is 27.3 Å². The highest BCUT2D eigenvalue weighted by Gasteiger charge is 2.35. The Labute approximate surface area is 68.9 Å². The predicted molar refractivity (Wildman–Crippen MR) is 38.5 cm³/mol. The van der Waals surface area contributed by atoms with Crippen LogP contribution in [0.25, 0.3) is 0 Å². The van der Waals surface area contributed by atoms with E-state index in [1.165, 1.54) is 4.90 Å². The molecule has 0 aromatic heterocycles. The summed E-state index contributed by atoms with van der Waals surface area (Å²) in [6.45, 7) is 0.179. The summed E-state index contributed by atoms with van der Waals surface area (Å²) >= 11 is 0. The number of nitrogens with one attached hydrogen (secondary N) is 2. The van der Waals surface area contributed by atoms with E-state index < -0.39 is 12.7 Å². The molecule has 1 atom stereocenters. The van der Waals surface area contributed by atoms with Gasteiger partial charge in [0.2, 0.25) is 0 Å². The van der Waals surface area contributed by atoms with Crippen LogP contribution in [0.5, 0.6) is 0 Å². The molecule has 1 saturated heterocycles. The van der Waals surface area contributed by atoms with Crippen molar-refractivity contribution in [3.05, 3.63) is 0 Å². The van der Waals surface area contributed by atoms with Gasteiger partial charge in [-0.05, 0) is 7.05 Å². The van der Waals surface area contributed by atoms with E-state index in [0.29, 0.717) is 13.1 Å². The molecule has 0 radical (unpaired) electrons. The number of alkyl halides is 3. The van der Waals surface area contributed by atoms with E-state index in [1.54, 1.807) is 7.05 Å². The summed E-state index contributed by atoms with van der Waals surface area (Å²) in [6, 6.07) is 0. The summed E-state index contributed by atoms with van der Waals surface area (Å²) in [7, 11) is 1.63. The molecule has 12 heavy (non-hydrogen) atoms. The van der Waals surface area contributed by atoms with Crippen LogP contribution in [0, 0.1) is 0 Å². The van der Waals surface area contributed by atoms with E-state index in [-0.39, 0.29) is 6.29 Å². The van der Waals surface area contributed by atoms with E-state index in [0.717, 1.165) is 0 Å². The van der Waals surface area contributed by atoms with Crippen molar-refractivity contribution in [3.63, 3.8) is 0 Å². The molecule has 1 aliphatic rings. The zero-order valence-electron chi connectivity index (χ0n) is 6.78. The highest BCUT2D eigenvalue weighted by molar-refractivity contribution is 4.76. The Hall–Kier alpha value is -0.330. The predicted octanol–water partition coefficient (Wildman–Crippen LogP) is -0.0431. The maximum absolute atomic E-state index is 11.9. The fraction of sp³-hybridized carbons (Fsp3) is 1.00. The van der Waals surface area contributed by atoms with Crippen molar-refractivity contribution in [2.45, 2.75) is 12.5 Å². The van der Waals surface area contributed by atoms with Crippen LogP contribution in [-0.2, 0) is 0 Å². The second kappa shape index (κ2) is 3.59. The summed E-state index contributed by atoms with van der Waals surface area (Å²) in [5.74, 6) is 0. The van der Waals surface area contributed by atoms with Crippen LogP contribution in [0.2, 0.25) is 0 Å². The van der Waals surface area contributed by atoms with Gasteiger partial charge >= 0.3 is 6.18 Å². The van der Waals surface area contributed by atoms with E-state index >= 15 is 0 Å². The molecule has 0 aromatic carbocycles. The number of rotatable bonds is 2. The lowest BCUT2D eigenvalue weighted by Gasteiger charge is -2.24. The molecule has 6 heteroatoms.